The van der Waals surface area contributed by atoms with Crippen molar-refractivity contribution in [1.82, 2.24) is 10.2 Å². The summed E-state index contributed by atoms with van der Waals surface area (Å²) in [6, 6.07) is 2.06. The highest BCUT2D eigenvalue weighted by Crippen LogP contribution is 2.57. The summed E-state index contributed by atoms with van der Waals surface area (Å²) in [4.78, 5) is 66.9. The third kappa shape index (κ3) is 7.70. The topological polar surface area (TPSA) is 355 Å². The Morgan fingerprint density at radius 2 is 1.52 bits per heavy atom. The molecule has 2 saturated heterocycles. The van der Waals surface area contributed by atoms with Gasteiger partial charge in [-0.05, 0) is 56.6 Å². The number of aliphatic carboxylic acids is 1. The van der Waals surface area contributed by atoms with E-state index < -0.39 is 160 Å². The number of methoxy groups -OCH3 is 1. The fourth-order valence-corrected chi connectivity index (χ4v) is 8.84. The molecule has 2 amide bonds. The van der Waals surface area contributed by atoms with Gasteiger partial charge in [0.1, 0.15) is 71.8 Å². The number of nitrogens with two attached hydrogens (primary N) is 1. The van der Waals surface area contributed by atoms with Crippen LogP contribution in [0.5, 0.6) is 23.0 Å². The molecule has 22 nitrogen and oxygen atoms in total. The van der Waals surface area contributed by atoms with Crippen molar-refractivity contribution in [1.29, 1.82) is 0 Å². The number of phenolic OH excluding ortho intramolecular Hbond substituents is 3. The number of hydrogen-bond acceptors (Lipinski definition) is 19. The number of aliphatic hydroxyl groups excluding tert-OH is 5. The first-order valence-corrected chi connectivity index (χ1v) is 19.9. The third-order valence-electron chi connectivity index (χ3n) is 12.0. The predicted octanol–water partition coefficient (Wildman–Crippen LogP) is -1.41. The van der Waals surface area contributed by atoms with Crippen molar-refractivity contribution in [2.45, 2.75) is 94.3 Å². The summed E-state index contributed by atoms with van der Waals surface area (Å²) >= 11 is 0. The molecule has 64 heavy (non-hydrogen) atoms. The maximum atomic E-state index is 14.1. The minimum atomic E-state index is -1.96. The Balaban J connectivity index is 1.37. The van der Waals surface area contributed by atoms with Crippen LogP contribution in [0, 0.1) is 6.92 Å². The van der Waals surface area contributed by atoms with E-state index in [0.29, 0.717) is 0 Å². The molecule has 0 bridgehead atoms. The van der Waals surface area contributed by atoms with Crippen LogP contribution in [0.2, 0.25) is 0 Å². The number of aryl methyl sites for hydroxylation is 1. The molecule has 2 aliphatic carbocycles. The van der Waals surface area contributed by atoms with E-state index in [1.165, 1.54) is 52.0 Å². The monoisotopic (exact) mass is 897 g/mol. The normalized spacial score (nSPS) is 29.0. The fraction of sp³-hybridized carbons (Fsp3) is 0.452. The number of ether oxygens (including phenoxy) is 5. The van der Waals surface area contributed by atoms with Gasteiger partial charge in [-0.15, -0.1) is 0 Å². The van der Waals surface area contributed by atoms with Crippen molar-refractivity contribution >= 4 is 29.4 Å². The Morgan fingerprint density at radius 3 is 2.16 bits per heavy atom. The lowest BCUT2D eigenvalue weighted by atomic mass is 9.74. The number of nitrogens with one attached hydrogen (secondary N) is 1. The standard InChI is InChI=1S/C42H47N3O19/c1-12-6-19-26(33(53)23(12)39(57)44-13(2)40(58)59)25-17(9-18-27(34(25)54)30(50)16-7-15(60-5)8-20(46)24(16)29(18)49)31(51)37(19)63-42-36(56)38(28(14(3)62-42)45(4)10-22(43)48)64-41-35(55)32(52)21(47)11-61-41/h6-9,13-14,21,28,31-32,35-38,41-42,46-47,51-56H,10-11H2,1-5H3,(H2,43,48)(H,44,57)(H,58,59)/t13-,14-,21-,28+,31+,32+,35-,36-,37+,38+,41+,42+/m1/s1. The highest BCUT2D eigenvalue weighted by Gasteiger charge is 2.52. The number of amides is 2. The van der Waals surface area contributed by atoms with Crippen molar-refractivity contribution in [3.8, 4) is 34.1 Å². The smallest absolute Gasteiger partial charge is 0.325 e. The van der Waals surface area contributed by atoms with Crippen LogP contribution in [0.4, 0.5) is 0 Å². The van der Waals surface area contributed by atoms with Crippen molar-refractivity contribution in [2.24, 2.45) is 5.73 Å². The molecule has 3 aromatic rings. The molecule has 0 saturated carbocycles. The van der Waals surface area contributed by atoms with E-state index >= 15 is 0 Å². The number of ketones is 2. The van der Waals surface area contributed by atoms with Crippen LogP contribution in [-0.4, -0.2) is 169 Å². The highest BCUT2D eigenvalue weighted by molar-refractivity contribution is 6.31. The third-order valence-corrected chi connectivity index (χ3v) is 12.0. The number of benzene rings is 3. The minimum Gasteiger partial charge on any atom is -0.507 e. The number of primary amides is 1. The first-order chi connectivity index (χ1) is 30.1. The lowest BCUT2D eigenvalue weighted by Crippen LogP contribution is -2.66. The van der Waals surface area contributed by atoms with Gasteiger partial charge in [0, 0.05) is 28.3 Å². The zero-order valence-corrected chi connectivity index (χ0v) is 34.8. The van der Waals surface area contributed by atoms with Crippen LogP contribution >= 0.6 is 0 Å². The van der Waals surface area contributed by atoms with Gasteiger partial charge < -0.3 is 80.7 Å². The highest BCUT2D eigenvalue weighted by atomic mass is 16.7. The molecule has 2 aliphatic heterocycles. The number of likely N-dealkylation sites (N-methyl/N-ethyl adjacent to an activating group) is 1. The Morgan fingerprint density at radius 1 is 0.875 bits per heavy atom. The number of aliphatic hydroxyl groups is 5. The van der Waals surface area contributed by atoms with E-state index in [4.69, 9.17) is 29.4 Å². The maximum absolute atomic E-state index is 14.1. The van der Waals surface area contributed by atoms with Gasteiger partial charge in [-0.2, -0.15) is 0 Å². The summed E-state index contributed by atoms with van der Waals surface area (Å²) in [6.45, 7) is 3.17. The Hall–Kier alpha value is -5.79. The number of carbonyl (C=O) groups excluding carboxylic acids is 4. The first-order valence-electron chi connectivity index (χ1n) is 19.9. The maximum Gasteiger partial charge on any atom is 0.325 e. The van der Waals surface area contributed by atoms with Crippen LogP contribution in [-0.2, 0) is 28.5 Å². The quantitative estimate of drug-likeness (QED) is 0.0823. The Bertz CT molecular complexity index is 2440. The SMILES string of the molecule is COc1cc(O)c2c(c1)C(=O)c1c(cc3c(c1O)-c1c(cc(C)c(C(=O)N[C@H](C)C(=O)O)c1O)[C@H](O[C@@H]1O[C@H](C)[C@H](N(C)CC(N)=O)[C@H](O[C@@H]4OC[C@@H](O)[C@H](O)[C@H]4O)[C@H]1O)[C@H]3O)C2=O. The summed E-state index contributed by atoms with van der Waals surface area (Å²) in [5, 5.41) is 102. The van der Waals surface area contributed by atoms with Gasteiger partial charge in [-0.1, -0.05) is 6.07 Å². The van der Waals surface area contributed by atoms with E-state index in [0.717, 1.165) is 12.1 Å². The van der Waals surface area contributed by atoms with Crippen molar-refractivity contribution in [3.63, 3.8) is 0 Å². The van der Waals surface area contributed by atoms with E-state index in [9.17, 15) is 69.9 Å². The molecule has 0 spiro atoms. The zero-order valence-electron chi connectivity index (χ0n) is 34.8. The summed E-state index contributed by atoms with van der Waals surface area (Å²) in [5.41, 5.74) is 1.74. The number of carbonyl (C=O) groups is 5. The summed E-state index contributed by atoms with van der Waals surface area (Å²) in [5.74, 6) is -7.63. The van der Waals surface area contributed by atoms with Crippen molar-refractivity contribution in [2.75, 3.05) is 27.3 Å². The number of fused-ring (bicyclic) bond motifs is 5. The number of phenols is 3. The molecule has 12 atom stereocenters. The largest absolute Gasteiger partial charge is 0.507 e. The molecule has 12 N–H and O–H groups in total. The molecule has 0 aromatic heterocycles. The van der Waals surface area contributed by atoms with Gasteiger partial charge in [0.15, 0.2) is 24.1 Å². The lowest BCUT2D eigenvalue weighted by molar-refractivity contribution is -0.345. The number of aromatic hydroxyl groups is 3. The van der Waals surface area contributed by atoms with Crippen LogP contribution in [0.15, 0.2) is 24.3 Å². The van der Waals surface area contributed by atoms with Crippen LogP contribution < -0.4 is 15.8 Å². The van der Waals surface area contributed by atoms with Gasteiger partial charge in [0.25, 0.3) is 5.91 Å². The predicted molar refractivity (Wildman–Crippen MR) is 213 cm³/mol. The zero-order chi connectivity index (χ0) is 47.0. The van der Waals surface area contributed by atoms with E-state index in [1.807, 2.05) is 0 Å². The molecule has 4 aliphatic rings. The average Bonchev–Trinajstić information content (AvgIpc) is 3.22. The molecule has 22 heteroatoms. The van der Waals surface area contributed by atoms with Gasteiger partial charge in [-0.25, -0.2) is 0 Å². The number of carboxylic acids is 1. The molecule has 3 aromatic carbocycles. The molecule has 2 fully saturated rings. The van der Waals surface area contributed by atoms with Crippen molar-refractivity contribution < 1.29 is 93.6 Å². The second-order valence-electron chi connectivity index (χ2n) is 16.2. The minimum absolute atomic E-state index is 0.00262. The molecule has 2 heterocycles. The molecule has 7 rings (SSSR count). The van der Waals surface area contributed by atoms with Crippen LogP contribution in [0.1, 0.15) is 84.9 Å². The van der Waals surface area contributed by atoms with E-state index in [1.54, 1.807) is 0 Å². The molecular weight excluding hydrogens is 850 g/mol. The molecule has 0 radical (unpaired) electrons. The van der Waals surface area contributed by atoms with E-state index in [-0.39, 0.29) is 34.5 Å². The average molecular weight is 898 g/mol. The fourth-order valence-electron chi connectivity index (χ4n) is 8.84. The summed E-state index contributed by atoms with van der Waals surface area (Å²) < 4.78 is 29.2. The lowest BCUT2D eigenvalue weighted by Gasteiger charge is -2.49. The van der Waals surface area contributed by atoms with Gasteiger partial charge in [-0.3, -0.25) is 28.9 Å². The van der Waals surface area contributed by atoms with Crippen LogP contribution in [0.25, 0.3) is 11.1 Å². The van der Waals surface area contributed by atoms with Gasteiger partial charge >= 0.3 is 5.97 Å². The molecular formula is C42H47N3O19. The first kappa shape index (κ1) is 46.2. The molecule has 0 unspecified atom stereocenters. The van der Waals surface area contributed by atoms with Gasteiger partial charge in [0.05, 0.1) is 49.1 Å². The second kappa shape index (κ2) is 17.3. The Kier molecular flexibility index (Phi) is 12.5. The van der Waals surface area contributed by atoms with Gasteiger partial charge in [0.2, 0.25) is 5.91 Å². The van der Waals surface area contributed by atoms with Crippen LogP contribution in [0.3, 0.4) is 0 Å². The molecule has 344 valence electrons. The van der Waals surface area contributed by atoms with E-state index in [2.05, 4.69) is 5.32 Å². The van der Waals surface area contributed by atoms with Crippen molar-refractivity contribution in [3.05, 3.63) is 68.8 Å². The number of hydrogen-bond donors (Lipinski definition) is 11. The number of nitrogens with zero attached hydrogens (tertiary/aromatic N) is 1. The second-order valence-corrected chi connectivity index (χ2v) is 16.2. The summed E-state index contributed by atoms with van der Waals surface area (Å²) in [6.07, 6.45) is -16.7. The number of rotatable bonds is 11. The number of carboxylic acid groups (broad SMARTS) is 1. The summed E-state index contributed by atoms with van der Waals surface area (Å²) in [7, 11) is 2.71. The Labute approximate surface area is 362 Å².